The average molecular weight is 524 g/mol. The zero-order chi connectivity index (χ0) is 27.5. The highest BCUT2D eigenvalue weighted by Gasteiger charge is 2.62. The number of fused-ring (bicyclic) bond motifs is 3. The van der Waals surface area contributed by atoms with Gasteiger partial charge < -0.3 is 36.6 Å². The summed E-state index contributed by atoms with van der Waals surface area (Å²) in [5.41, 5.74) is 3.08. The van der Waals surface area contributed by atoms with Crippen molar-refractivity contribution in [2.75, 3.05) is 0 Å². The molecule has 2 unspecified atom stereocenters. The van der Waals surface area contributed by atoms with Crippen molar-refractivity contribution in [3.8, 4) is 11.6 Å². The van der Waals surface area contributed by atoms with E-state index in [-0.39, 0.29) is 48.5 Å². The van der Waals surface area contributed by atoms with Gasteiger partial charge in [0.1, 0.15) is 29.4 Å². The van der Waals surface area contributed by atoms with Crippen LogP contribution in [0.1, 0.15) is 44.8 Å². The number of phenols is 1. The molecule has 38 heavy (non-hydrogen) atoms. The Hall–Kier alpha value is -4.36. The number of Topliss-reactive ketones (excluding diaryl/α,β-unsaturated/α-hetero) is 2. The Labute approximate surface area is 214 Å². The van der Waals surface area contributed by atoms with Crippen LogP contribution in [0.15, 0.2) is 35.9 Å². The van der Waals surface area contributed by atoms with Crippen LogP contribution in [0.5, 0.6) is 11.6 Å². The third kappa shape index (κ3) is 3.70. The zero-order valence-electron chi connectivity index (χ0n) is 19.8. The predicted molar refractivity (Wildman–Crippen MR) is 126 cm³/mol. The van der Waals surface area contributed by atoms with E-state index in [9.17, 15) is 44.7 Å². The fourth-order valence-electron chi connectivity index (χ4n) is 5.89. The second kappa shape index (κ2) is 8.89. The number of primary amides is 1. The van der Waals surface area contributed by atoms with E-state index in [1.807, 2.05) is 0 Å². The van der Waals surface area contributed by atoms with E-state index < -0.39 is 64.3 Å². The molecule has 0 saturated heterocycles. The first kappa shape index (κ1) is 25.3. The number of hydrogen-bond donors (Lipinski definition) is 7. The molecule has 1 aromatic carbocycles. The smallest absolute Gasteiger partial charge is 0.270 e. The van der Waals surface area contributed by atoms with Gasteiger partial charge in [-0.1, -0.05) is 6.07 Å². The van der Waals surface area contributed by atoms with Gasteiger partial charge in [0.05, 0.1) is 11.7 Å². The number of benzene rings is 1. The van der Waals surface area contributed by atoms with Crippen molar-refractivity contribution in [1.82, 2.24) is 15.3 Å². The Kier molecular flexibility index (Phi) is 5.92. The highest BCUT2D eigenvalue weighted by atomic mass is 16.3. The number of aromatic nitrogens is 2. The molecule has 5 rings (SSSR count). The number of hydrogen-bond acceptors (Lipinski definition) is 11. The first-order valence-electron chi connectivity index (χ1n) is 11.8. The van der Waals surface area contributed by atoms with Gasteiger partial charge in [0.2, 0.25) is 11.8 Å². The van der Waals surface area contributed by atoms with Crippen molar-refractivity contribution in [3.05, 3.63) is 58.2 Å². The highest BCUT2D eigenvalue weighted by molar-refractivity contribution is 6.15. The number of rotatable bonds is 4. The predicted octanol–water partition coefficient (Wildman–Crippen LogP) is -0.829. The minimum absolute atomic E-state index is 0.0248. The van der Waals surface area contributed by atoms with Crippen molar-refractivity contribution >= 4 is 23.4 Å². The van der Waals surface area contributed by atoms with Gasteiger partial charge in [-0.2, -0.15) is 0 Å². The molecule has 0 radical (unpaired) electrons. The molecule has 3 aliphatic rings. The van der Waals surface area contributed by atoms with E-state index in [4.69, 9.17) is 5.73 Å². The molecule has 13 nitrogen and oxygen atoms in total. The molecular formula is C25H24N4O9. The number of aliphatic hydroxyl groups is 3. The number of aromatic hydroxyl groups is 2. The van der Waals surface area contributed by atoms with Crippen LogP contribution < -0.4 is 11.1 Å². The van der Waals surface area contributed by atoms with Crippen LogP contribution in [0.4, 0.5) is 0 Å². The molecular weight excluding hydrogens is 500 g/mol. The molecule has 0 bridgehead atoms. The quantitative estimate of drug-likeness (QED) is 0.244. The summed E-state index contributed by atoms with van der Waals surface area (Å²) < 4.78 is 0. The van der Waals surface area contributed by atoms with Crippen LogP contribution in [0.3, 0.4) is 0 Å². The molecule has 0 spiro atoms. The third-order valence-corrected chi connectivity index (χ3v) is 7.69. The average Bonchev–Trinajstić information content (AvgIpc) is 2.85. The Bertz CT molecular complexity index is 1440. The Morgan fingerprint density at radius 2 is 1.87 bits per heavy atom. The van der Waals surface area contributed by atoms with E-state index in [0.29, 0.717) is 11.1 Å². The van der Waals surface area contributed by atoms with E-state index in [1.54, 1.807) is 0 Å². The number of allylic oxidation sites excluding steroid dienone is 1. The van der Waals surface area contributed by atoms with Crippen LogP contribution in [0.2, 0.25) is 0 Å². The van der Waals surface area contributed by atoms with Gasteiger partial charge in [0.15, 0.2) is 17.2 Å². The first-order chi connectivity index (χ1) is 17.9. The molecule has 5 atom stereocenters. The van der Waals surface area contributed by atoms with Crippen LogP contribution in [0, 0.1) is 17.8 Å². The summed E-state index contributed by atoms with van der Waals surface area (Å²) in [5, 5.41) is 55.4. The summed E-state index contributed by atoms with van der Waals surface area (Å²) in [5.74, 6) is -8.86. The molecule has 1 aromatic heterocycles. The van der Waals surface area contributed by atoms with Gasteiger partial charge in [0.25, 0.3) is 5.91 Å². The van der Waals surface area contributed by atoms with E-state index in [2.05, 4.69) is 15.3 Å². The first-order valence-corrected chi connectivity index (χ1v) is 11.8. The van der Waals surface area contributed by atoms with Crippen molar-refractivity contribution in [2.24, 2.45) is 23.5 Å². The molecule has 2 aromatic rings. The Morgan fingerprint density at radius 1 is 1.13 bits per heavy atom. The molecule has 2 amide bonds. The van der Waals surface area contributed by atoms with Crippen molar-refractivity contribution in [3.63, 3.8) is 0 Å². The minimum atomic E-state index is -2.58. The molecule has 198 valence electrons. The normalized spacial score (nSPS) is 28.3. The number of amides is 2. The van der Waals surface area contributed by atoms with Gasteiger partial charge in [-0.05, 0) is 42.4 Å². The lowest BCUT2D eigenvalue weighted by molar-refractivity contribution is -0.167. The molecule has 1 heterocycles. The maximum atomic E-state index is 13.6. The summed E-state index contributed by atoms with van der Waals surface area (Å²) in [6, 6.07) is 3.85. The molecule has 0 aliphatic heterocycles. The maximum Gasteiger partial charge on any atom is 0.270 e. The number of nitrogens with two attached hydrogens (primary N) is 1. The largest absolute Gasteiger partial charge is 0.508 e. The Balaban J connectivity index is 1.51. The molecule has 3 aliphatic carbocycles. The lowest BCUT2D eigenvalue weighted by Gasteiger charge is -2.48. The zero-order valence-corrected chi connectivity index (χ0v) is 19.8. The molecule has 13 heteroatoms. The maximum absolute atomic E-state index is 13.6. The van der Waals surface area contributed by atoms with Crippen molar-refractivity contribution in [1.29, 1.82) is 0 Å². The highest BCUT2D eigenvalue weighted by Crippen LogP contribution is 2.51. The number of ketones is 2. The van der Waals surface area contributed by atoms with Gasteiger partial charge in [-0.15, -0.1) is 0 Å². The summed E-state index contributed by atoms with van der Waals surface area (Å²) in [7, 11) is 0. The lowest BCUT2D eigenvalue weighted by Crippen LogP contribution is -2.63. The second-order valence-electron chi connectivity index (χ2n) is 9.78. The summed E-state index contributed by atoms with van der Waals surface area (Å²) in [6.45, 7) is -0.0674. The second-order valence-corrected chi connectivity index (χ2v) is 9.78. The van der Waals surface area contributed by atoms with Crippen LogP contribution in [-0.2, 0) is 22.6 Å². The van der Waals surface area contributed by atoms with Gasteiger partial charge in [-0.25, -0.2) is 9.97 Å². The van der Waals surface area contributed by atoms with Gasteiger partial charge in [-0.3, -0.25) is 19.2 Å². The number of nitrogens with one attached hydrogen (secondary N) is 1. The number of nitrogens with zero attached hydrogens (tertiary/aromatic N) is 2. The molecule has 1 saturated carbocycles. The Morgan fingerprint density at radius 3 is 2.55 bits per heavy atom. The molecule has 1 fully saturated rings. The minimum Gasteiger partial charge on any atom is -0.508 e. The fraction of sp³-hybridized carbons (Fsp3) is 0.360. The van der Waals surface area contributed by atoms with E-state index >= 15 is 0 Å². The number of carbonyl (C=O) groups is 4. The number of carbonyl (C=O) groups excluding carboxylic acids is 4. The van der Waals surface area contributed by atoms with Crippen LogP contribution in [-0.4, -0.2) is 70.6 Å². The number of phenolic OH excluding ortho intramolecular Hbond substituents is 1. The van der Waals surface area contributed by atoms with Crippen LogP contribution >= 0.6 is 0 Å². The van der Waals surface area contributed by atoms with E-state index in [0.717, 1.165) is 12.4 Å². The summed E-state index contributed by atoms with van der Waals surface area (Å²) in [6.07, 6.45) is -0.502. The monoisotopic (exact) mass is 524 g/mol. The standard InChI is InChI=1S/C25H24N4O9/c26-23(36)19-15(31)5-11-3-10-4-12-9(7-27-24(37)13-6-16(32)29-8-28-13)1-2-14(30)18(12)20(33)17(10)21(34)25(11,38)22(19)35/h1-2,6,8,10-11,15,19,30-31,34,38H,3-5,7H2,(H2,26,36)(H,27,37)(H,28,29,32)/t10-,11+,15?,19?,25+/m1/s1. The SMILES string of the molecule is NC(=O)C1C(=O)[C@@]2(O)C(O)=C3C(=O)c4c(O)ccc(CNC(=O)c5cc(O)ncn5)c4C[C@H]3C[C@H]2CC1O. The topological polar surface area (TPSA) is 233 Å². The van der Waals surface area contributed by atoms with Crippen molar-refractivity contribution in [2.45, 2.75) is 37.5 Å². The summed E-state index contributed by atoms with van der Waals surface area (Å²) >= 11 is 0. The van der Waals surface area contributed by atoms with Crippen molar-refractivity contribution < 1.29 is 44.7 Å². The van der Waals surface area contributed by atoms with Gasteiger partial charge >= 0.3 is 0 Å². The van der Waals surface area contributed by atoms with E-state index in [1.165, 1.54) is 12.1 Å². The van der Waals surface area contributed by atoms with Gasteiger partial charge in [0, 0.05) is 24.1 Å². The lowest BCUT2D eigenvalue weighted by atomic mass is 9.57. The van der Waals surface area contributed by atoms with Crippen LogP contribution in [0.25, 0.3) is 0 Å². The third-order valence-electron chi connectivity index (χ3n) is 7.69. The fourth-order valence-corrected chi connectivity index (χ4v) is 5.89. The molecule has 8 N–H and O–H groups in total. The number of aliphatic hydroxyl groups excluding tert-OH is 2. The summed E-state index contributed by atoms with van der Waals surface area (Å²) in [4.78, 5) is 58.2.